The van der Waals surface area contributed by atoms with E-state index in [1.165, 1.54) is 0 Å². The van der Waals surface area contributed by atoms with Crippen LogP contribution in [-0.4, -0.2) is 32.3 Å². The minimum atomic E-state index is -0.198. The number of methoxy groups -OCH3 is 1. The number of hydrogen-bond acceptors (Lipinski definition) is 4. The zero-order valence-electron chi connectivity index (χ0n) is 13.0. The Morgan fingerprint density at radius 3 is 3.09 bits per heavy atom. The summed E-state index contributed by atoms with van der Waals surface area (Å²) < 4.78 is 16.1. The van der Waals surface area contributed by atoms with Gasteiger partial charge in [-0.15, -0.1) is 0 Å². The summed E-state index contributed by atoms with van der Waals surface area (Å²) in [7, 11) is 1.63. The first kappa shape index (κ1) is 15.3. The Kier molecular flexibility index (Phi) is 4.71. The van der Waals surface area contributed by atoms with Crippen LogP contribution >= 0.6 is 0 Å². The van der Waals surface area contributed by atoms with Gasteiger partial charge < -0.3 is 24.5 Å². The third-order valence-electron chi connectivity index (χ3n) is 3.75. The fourth-order valence-electron chi connectivity index (χ4n) is 2.58. The quantitative estimate of drug-likeness (QED) is 0.886. The molecule has 2 heterocycles. The number of furan rings is 1. The maximum atomic E-state index is 11.9. The number of carbonyl (C=O) groups is 1. The number of fused-ring (bicyclic) bond motifs is 1. The van der Waals surface area contributed by atoms with Crippen LogP contribution in [0.5, 0.6) is 11.5 Å². The minimum Gasteiger partial charge on any atom is -0.497 e. The molecule has 23 heavy (non-hydrogen) atoms. The van der Waals surface area contributed by atoms with E-state index in [-0.39, 0.29) is 12.1 Å². The first-order valence-electron chi connectivity index (χ1n) is 7.61. The van der Waals surface area contributed by atoms with Gasteiger partial charge in [-0.1, -0.05) is 0 Å². The van der Waals surface area contributed by atoms with Crippen molar-refractivity contribution < 1.29 is 18.7 Å². The molecular formula is C17H20N2O4. The number of rotatable bonds is 5. The van der Waals surface area contributed by atoms with Crippen LogP contribution in [0, 0.1) is 0 Å². The molecule has 0 spiro atoms. The van der Waals surface area contributed by atoms with E-state index in [1.807, 2.05) is 30.3 Å². The molecule has 6 heteroatoms. The van der Waals surface area contributed by atoms with Crippen molar-refractivity contribution in [1.82, 2.24) is 10.6 Å². The number of urea groups is 1. The summed E-state index contributed by atoms with van der Waals surface area (Å²) in [5, 5.41) is 5.76. The third-order valence-corrected chi connectivity index (χ3v) is 3.75. The van der Waals surface area contributed by atoms with Crippen LogP contribution in [0.3, 0.4) is 0 Å². The lowest BCUT2D eigenvalue weighted by molar-refractivity contribution is 0.214. The van der Waals surface area contributed by atoms with Crippen molar-refractivity contribution in [3.8, 4) is 11.5 Å². The molecule has 1 aromatic heterocycles. The molecule has 2 N–H and O–H groups in total. The molecule has 1 aliphatic rings. The van der Waals surface area contributed by atoms with E-state index in [0.717, 1.165) is 29.2 Å². The fourth-order valence-corrected chi connectivity index (χ4v) is 2.58. The van der Waals surface area contributed by atoms with Crippen molar-refractivity contribution in [3.05, 3.63) is 47.9 Å². The molecule has 1 atom stereocenters. The minimum absolute atomic E-state index is 0.0572. The maximum Gasteiger partial charge on any atom is 0.315 e. The van der Waals surface area contributed by atoms with Crippen molar-refractivity contribution in [2.24, 2.45) is 0 Å². The highest BCUT2D eigenvalue weighted by Crippen LogP contribution is 2.28. The van der Waals surface area contributed by atoms with Crippen LogP contribution in [0.2, 0.25) is 0 Å². The molecule has 0 fully saturated rings. The highest BCUT2D eigenvalue weighted by Gasteiger charge is 2.21. The zero-order valence-corrected chi connectivity index (χ0v) is 13.0. The number of carbonyl (C=O) groups excluding carboxylic acids is 1. The predicted octanol–water partition coefficient (Wildman–Crippen LogP) is 2.13. The number of amides is 2. The fraction of sp³-hybridized carbons (Fsp3) is 0.353. The van der Waals surface area contributed by atoms with Crippen molar-refractivity contribution >= 4 is 6.03 Å². The molecule has 1 unspecified atom stereocenters. The first-order chi connectivity index (χ1) is 11.2. The van der Waals surface area contributed by atoms with E-state index < -0.39 is 0 Å². The van der Waals surface area contributed by atoms with E-state index in [1.54, 1.807) is 13.4 Å². The normalized spacial score (nSPS) is 16.1. The second-order valence-corrected chi connectivity index (χ2v) is 5.42. The van der Waals surface area contributed by atoms with Crippen LogP contribution in [-0.2, 0) is 12.8 Å². The molecule has 2 amide bonds. The summed E-state index contributed by atoms with van der Waals surface area (Å²) in [4.78, 5) is 11.9. The molecule has 0 aliphatic carbocycles. The molecule has 0 saturated carbocycles. The van der Waals surface area contributed by atoms with Gasteiger partial charge in [-0.05, 0) is 42.3 Å². The average Bonchev–Trinajstić information content (AvgIpc) is 3.07. The standard InChI is InChI=1S/C17H20N2O4/c1-21-15-4-5-16-12(10-15)9-13(11-23-16)19-17(20)18-7-6-14-3-2-8-22-14/h2-5,8,10,13H,6-7,9,11H2,1H3,(H2,18,19,20). The van der Waals surface area contributed by atoms with E-state index in [2.05, 4.69) is 10.6 Å². The van der Waals surface area contributed by atoms with Crippen LogP contribution in [0.15, 0.2) is 41.0 Å². The van der Waals surface area contributed by atoms with Gasteiger partial charge in [-0.2, -0.15) is 0 Å². The highest BCUT2D eigenvalue weighted by atomic mass is 16.5. The molecule has 0 radical (unpaired) electrons. The maximum absolute atomic E-state index is 11.9. The Hall–Kier alpha value is -2.63. The van der Waals surface area contributed by atoms with Gasteiger partial charge in [-0.25, -0.2) is 4.79 Å². The van der Waals surface area contributed by atoms with Crippen molar-refractivity contribution in [2.75, 3.05) is 20.3 Å². The molecule has 0 bridgehead atoms. The van der Waals surface area contributed by atoms with E-state index >= 15 is 0 Å². The molecular weight excluding hydrogens is 296 g/mol. The Morgan fingerprint density at radius 1 is 1.39 bits per heavy atom. The predicted molar refractivity (Wildman–Crippen MR) is 84.9 cm³/mol. The number of benzene rings is 1. The second kappa shape index (κ2) is 7.09. The lowest BCUT2D eigenvalue weighted by Gasteiger charge is -2.26. The topological polar surface area (TPSA) is 72.7 Å². The Balaban J connectivity index is 1.47. The van der Waals surface area contributed by atoms with Crippen molar-refractivity contribution in [3.63, 3.8) is 0 Å². The Morgan fingerprint density at radius 2 is 2.30 bits per heavy atom. The molecule has 122 valence electrons. The zero-order chi connectivity index (χ0) is 16.1. The van der Waals surface area contributed by atoms with Gasteiger partial charge in [0.05, 0.1) is 19.4 Å². The van der Waals surface area contributed by atoms with Crippen LogP contribution in [0.1, 0.15) is 11.3 Å². The largest absolute Gasteiger partial charge is 0.497 e. The van der Waals surface area contributed by atoms with Crippen molar-refractivity contribution in [2.45, 2.75) is 18.9 Å². The molecule has 3 rings (SSSR count). The van der Waals surface area contributed by atoms with Crippen molar-refractivity contribution in [1.29, 1.82) is 0 Å². The van der Waals surface area contributed by atoms with Gasteiger partial charge in [0.1, 0.15) is 23.9 Å². The summed E-state index contributed by atoms with van der Waals surface area (Å²) in [6, 6.07) is 9.17. The number of ether oxygens (including phenoxy) is 2. The van der Waals surface area contributed by atoms with E-state index in [9.17, 15) is 4.79 Å². The summed E-state index contributed by atoms with van der Waals surface area (Å²) >= 11 is 0. The van der Waals surface area contributed by atoms with Gasteiger partial charge in [0.15, 0.2) is 0 Å². The second-order valence-electron chi connectivity index (χ2n) is 5.42. The molecule has 1 aliphatic heterocycles. The lowest BCUT2D eigenvalue weighted by Crippen LogP contribution is -2.47. The van der Waals surface area contributed by atoms with Crippen LogP contribution in [0.4, 0.5) is 4.79 Å². The molecule has 0 saturated heterocycles. The number of nitrogens with one attached hydrogen (secondary N) is 2. The van der Waals surface area contributed by atoms with Gasteiger partial charge in [0, 0.05) is 13.0 Å². The average molecular weight is 316 g/mol. The van der Waals surface area contributed by atoms with Crippen LogP contribution in [0.25, 0.3) is 0 Å². The highest BCUT2D eigenvalue weighted by molar-refractivity contribution is 5.74. The SMILES string of the molecule is COc1ccc2c(c1)CC(NC(=O)NCCc1ccco1)CO2. The number of hydrogen-bond donors (Lipinski definition) is 2. The first-order valence-corrected chi connectivity index (χ1v) is 7.61. The lowest BCUT2D eigenvalue weighted by atomic mass is 10.0. The van der Waals surface area contributed by atoms with E-state index in [0.29, 0.717) is 19.6 Å². The van der Waals surface area contributed by atoms with Gasteiger partial charge in [0.25, 0.3) is 0 Å². The van der Waals surface area contributed by atoms with Gasteiger partial charge in [-0.3, -0.25) is 0 Å². The summed E-state index contributed by atoms with van der Waals surface area (Å²) in [5.41, 5.74) is 1.04. The summed E-state index contributed by atoms with van der Waals surface area (Å²) in [6.07, 6.45) is 3.01. The smallest absolute Gasteiger partial charge is 0.315 e. The Labute approximate surface area is 134 Å². The van der Waals surface area contributed by atoms with Crippen LogP contribution < -0.4 is 20.1 Å². The Bertz CT molecular complexity index is 655. The molecule has 1 aromatic carbocycles. The third kappa shape index (κ3) is 3.97. The summed E-state index contributed by atoms with van der Waals surface area (Å²) in [5.74, 6) is 2.49. The van der Waals surface area contributed by atoms with Gasteiger partial charge >= 0.3 is 6.03 Å². The monoisotopic (exact) mass is 316 g/mol. The molecule has 2 aromatic rings. The summed E-state index contributed by atoms with van der Waals surface area (Å²) in [6.45, 7) is 0.988. The van der Waals surface area contributed by atoms with Gasteiger partial charge in [0.2, 0.25) is 0 Å². The van der Waals surface area contributed by atoms with E-state index in [4.69, 9.17) is 13.9 Å². The molecule has 6 nitrogen and oxygen atoms in total.